The molecule has 1 saturated carbocycles. The standard InChI is InChI=1S/C5H10N2/c6-5-1-4(2-5)3-7-5/h4,7H,1-3,6H2. The van der Waals surface area contributed by atoms with Crippen molar-refractivity contribution in [3.8, 4) is 0 Å². The third-order valence-corrected chi connectivity index (χ3v) is 2.05. The molecule has 0 radical (unpaired) electrons. The summed E-state index contributed by atoms with van der Waals surface area (Å²) >= 11 is 0. The van der Waals surface area contributed by atoms with Crippen molar-refractivity contribution in [1.29, 1.82) is 0 Å². The van der Waals surface area contributed by atoms with Crippen LogP contribution in [0.5, 0.6) is 0 Å². The molecule has 0 amide bonds. The van der Waals surface area contributed by atoms with Gasteiger partial charge in [0.2, 0.25) is 0 Å². The van der Waals surface area contributed by atoms with Gasteiger partial charge in [0.15, 0.2) is 0 Å². The minimum atomic E-state index is 0.0880. The molecule has 2 heterocycles. The highest BCUT2D eigenvalue weighted by atomic mass is 15.2. The Hall–Kier alpha value is -0.0800. The number of hydrogen-bond donors (Lipinski definition) is 2. The maximum atomic E-state index is 5.73. The highest BCUT2D eigenvalue weighted by Gasteiger charge is 2.46. The van der Waals surface area contributed by atoms with Gasteiger partial charge in [-0.25, -0.2) is 0 Å². The lowest BCUT2D eigenvalue weighted by atomic mass is 9.81. The highest BCUT2D eigenvalue weighted by molar-refractivity contribution is 5.03. The Labute approximate surface area is 43.1 Å². The van der Waals surface area contributed by atoms with Gasteiger partial charge in [0.05, 0.1) is 5.66 Å². The summed E-state index contributed by atoms with van der Waals surface area (Å²) in [4.78, 5) is 0. The SMILES string of the molecule is NC12CC(CN1)C2. The van der Waals surface area contributed by atoms with Gasteiger partial charge in [0.25, 0.3) is 0 Å². The van der Waals surface area contributed by atoms with Crippen molar-refractivity contribution in [2.45, 2.75) is 18.5 Å². The molecular formula is C5H10N2. The van der Waals surface area contributed by atoms with E-state index in [0.717, 1.165) is 12.5 Å². The van der Waals surface area contributed by atoms with E-state index in [-0.39, 0.29) is 5.66 Å². The van der Waals surface area contributed by atoms with Gasteiger partial charge < -0.3 is 5.73 Å². The third-order valence-electron chi connectivity index (χ3n) is 2.05. The first-order valence-corrected chi connectivity index (χ1v) is 2.82. The van der Waals surface area contributed by atoms with Crippen LogP contribution in [0.15, 0.2) is 0 Å². The first-order chi connectivity index (χ1) is 3.29. The van der Waals surface area contributed by atoms with Gasteiger partial charge in [-0.15, -0.1) is 0 Å². The van der Waals surface area contributed by atoms with Gasteiger partial charge in [0, 0.05) is 0 Å². The number of rotatable bonds is 0. The topological polar surface area (TPSA) is 38.0 Å². The van der Waals surface area contributed by atoms with Gasteiger partial charge in [-0.05, 0) is 25.3 Å². The van der Waals surface area contributed by atoms with E-state index in [9.17, 15) is 0 Å². The van der Waals surface area contributed by atoms with Crippen LogP contribution in [0, 0.1) is 5.92 Å². The zero-order chi connectivity index (χ0) is 4.91. The normalized spacial score (nSPS) is 57.0. The second-order valence-corrected chi connectivity index (χ2v) is 2.81. The second-order valence-electron chi connectivity index (χ2n) is 2.81. The number of hydrogen-bond acceptors (Lipinski definition) is 2. The largest absolute Gasteiger partial charge is 0.313 e. The molecule has 40 valence electrons. The van der Waals surface area contributed by atoms with Crippen molar-refractivity contribution in [2.75, 3.05) is 6.54 Å². The van der Waals surface area contributed by atoms with Crippen LogP contribution in [-0.2, 0) is 0 Å². The molecule has 0 aromatic carbocycles. The molecular weight excluding hydrogens is 88.1 g/mol. The summed E-state index contributed by atoms with van der Waals surface area (Å²) in [6.07, 6.45) is 2.43. The molecule has 0 spiro atoms. The smallest absolute Gasteiger partial charge is 0.0668 e. The average molecular weight is 98.1 g/mol. The van der Waals surface area contributed by atoms with Crippen molar-refractivity contribution in [3.05, 3.63) is 0 Å². The highest BCUT2D eigenvalue weighted by Crippen LogP contribution is 2.38. The molecule has 3 N–H and O–H groups in total. The predicted octanol–water partition coefficient (Wildman–Crippen LogP) is -0.345. The Morgan fingerprint density at radius 2 is 2.29 bits per heavy atom. The Bertz CT molecular complexity index is 88.7. The summed E-state index contributed by atoms with van der Waals surface area (Å²) < 4.78 is 0. The fraction of sp³-hybridized carbons (Fsp3) is 1.00. The van der Waals surface area contributed by atoms with Crippen LogP contribution in [0.1, 0.15) is 12.8 Å². The molecule has 3 fully saturated rings. The Balaban J connectivity index is 2.20. The fourth-order valence-electron chi connectivity index (χ4n) is 1.61. The van der Waals surface area contributed by atoms with Crippen molar-refractivity contribution < 1.29 is 0 Å². The fourth-order valence-corrected chi connectivity index (χ4v) is 1.61. The molecule has 0 unspecified atom stereocenters. The first kappa shape index (κ1) is 3.87. The summed E-state index contributed by atoms with van der Waals surface area (Å²) in [6.45, 7) is 1.16. The third kappa shape index (κ3) is 0.359. The zero-order valence-corrected chi connectivity index (χ0v) is 4.28. The van der Waals surface area contributed by atoms with Crippen LogP contribution in [0.3, 0.4) is 0 Å². The van der Waals surface area contributed by atoms with Gasteiger partial charge in [-0.1, -0.05) is 0 Å². The molecule has 1 aliphatic carbocycles. The summed E-state index contributed by atoms with van der Waals surface area (Å²) in [7, 11) is 0. The van der Waals surface area contributed by atoms with Crippen LogP contribution in [0.4, 0.5) is 0 Å². The Morgan fingerprint density at radius 1 is 1.57 bits per heavy atom. The van der Waals surface area contributed by atoms with E-state index >= 15 is 0 Å². The Morgan fingerprint density at radius 3 is 2.43 bits per heavy atom. The average Bonchev–Trinajstić information content (AvgIpc) is 1.88. The molecule has 2 aliphatic heterocycles. The summed E-state index contributed by atoms with van der Waals surface area (Å²) in [5.41, 5.74) is 5.82. The lowest BCUT2D eigenvalue weighted by Crippen LogP contribution is -2.51. The molecule has 2 saturated heterocycles. The maximum Gasteiger partial charge on any atom is 0.0668 e. The monoisotopic (exact) mass is 98.1 g/mol. The zero-order valence-electron chi connectivity index (χ0n) is 4.28. The molecule has 0 atom stereocenters. The summed E-state index contributed by atoms with van der Waals surface area (Å²) in [5.74, 6) is 0.921. The van der Waals surface area contributed by atoms with Crippen LogP contribution >= 0.6 is 0 Å². The van der Waals surface area contributed by atoms with Gasteiger partial charge in [-0.2, -0.15) is 0 Å². The van der Waals surface area contributed by atoms with Crippen molar-refractivity contribution >= 4 is 0 Å². The van der Waals surface area contributed by atoms with E-state index in [4.69, 9.17) is 5.73 Å². The predicted molar refractivity (Wildman–Crippen MR) is 27.6 cm³/mol. The van der Waals surface area contributed by atoms with Gasteiger partial charge in [0.1, 0.15) is 0 Å². The van der Waals surface area contributed by atoms with E-state index in [2.05, 4.69) is 5.32 Å². The summed E-state index contributed by atoms with van der Waals surface area (Å²) in [6, 6.07) is 0. The van der Waals surface area contributed by atoms with Crippen LogP contribution in [0.25, 0.3) is 0 Å². The molecule has 0 aromatic rings. The minimum Gasteiger partial charge on any atom is -0.313 e. The lowest BCUT2D eigenvalue weighted by Gasteiger charge is -2.32. The minimum absolute atomic E-state index is 0.0880. The molecule has 0 aromatic heterocycles. The summed E-state index contributed by atoms with van der Waals surface area (Å²) in [5, 5.41) is 3.25. The molecule has 2 heteroatoms. The second kappa shape index (κ2) is 0.858. The van der Waals surface area contributed by atoms with Crippen LogP contribution in [-0.4, -0.2) is 12.2 Å². The molecule has 3 aliphatic rings. The first-order valence-electron chi connectivity index (χ1n) is 2.82. The van der Waals surface area contributed by atoms with Gasteiger partial charge in [-0.3, -0.25) is 5.32 Å². The molecule has 2 nitrogen and oxygen atoms in total. The Kier molecular flexibility index (Phi) is 0.474. The van der Waals surface area contributed by atoms with Crippen LogP contribution < -0.4 is 11.1 Å². The van der Waals surface area contributed by atoms with Crippen molar-refractivity contribution in [1.82, 2.24) is 5.32 Å². The van der Waals surface area contributed by atoms with E-state index in [1.165, 1.54) is 12.8 Å². The number of fused-ring (bicyclic) bond motifs is 1. The quantitative estimate of drug-likeness (QED) is 0.435. The van der Waals surface area contributed by atoms with Crippen LogP contribution in [0.2, 0.25) is 0 Å². The van der Waals surface area contributed by atoms with Crippen molar-refractivity contribution in [3.63, 3.8) is 0 Å². The molecule has 3 rings (SSSR count). The van der Waals surface area contributed by atoms with E-state index in [1.807, 2.05) is 0 Å². The molecule has 2 bridgehead atoms. The number of nitrogens with two attached hydrogens (primary N) is 1. The van der Waals surface area contributed by atoms with E-state index in [1.54, 1.807) is 0 Å². The molecule has 7 heavy (non-hydrogen) atoms. The van der Waals surface area contributed by atoms with E-state index in [0.29, 0.717) is 0 Å². The van der Waals surface area contributed by atoms with Gasteiger partial charge >= 0.3 is 0 Å². The lowest BCUT2D eigenvalue weighted by molar-refractivity contribution is 0.235. The van der Waals surface area contributed by atoms with E-state index < -0.39 is 0 Å². The van der Waals surface area contributed by atoms with Crippen molar-refractivity contribution in [2.24, 2.45) is 11.7 Å². The number of nitrogens with one attached hydrogen (secondary N) is 1. The maximum absolute atomic E-state index is 5.73.